The molecule has 0 fully saturated rings. The Kier molecular flexibility index (Phi) is 9.27. The van der Waals surface area contributed by atoms with Gasteiger partial charge in [-0.3, -0.25) is 5.32 Å². The number of hydrogen-bond acceptors (Lipinski definition) is 3. The van der Waals surface area contributed by atoms with Gasteiger partial charge in [-0.15, -0.1) is 0 Å². The minimum atomic E-state index is -0.387. The van der Waals surface area contributed by atoms with Crippen LogP contribution in [0.2, 0.25) is 0 Å². The van der Waals surface area contributed by atoms with Gasteiger partial charge in [-0.25, -0.2) is 0 Å². The number of ether oxygens (including phenoxy) is 1. The molecule has 0 aromatic heterocycles. The van der Waals surface area contributed by atoms with Crippen LogP contribution in [0.1, 0.15) is 52.9 Å². The molecular formula is C13H26N2O. The lowest BCUT2D eigenvalue weighted by Crippen LogP contribution is -2.40. The highest BCUT2D eigenvalue weighted by Gasteiger charge is 2.21. The summed E-state index contributed by atoms with van der Waals surface area (Å²) in [5, 5.41) is 12.2. The second-order valence-electron chi connectivity index (χ2n) is 4.40. The fraction of sp³-hybridized carbons (Fsp3) is 0.923. The Morgan fingerprint density at radius 3 is 2.44 bits per heavy atom. The molecule has 0 bridgehead atoms. The summed E-state index contributed by atoms with van der Waals surface area (Å²) in [5.74, 6) is 0. The van der Waals surface area contributed by atoms with Crippen LogP contribution in [0.3, 0.4) is 0 Å². The standard InChI is InChI=1S/C13H26N2O/c1-4-6-7-10-16-11-8-9-13(3,12-14)15-5-2/h15H,4-11H2,1-3H3. The Morgan fingerprint density at radius 1 is 1.19 bits per heavy atom. The van der Waals surface area contributed by atoms with Crippen molar-refractivity contribution in [2.75, 3.05) is 19.8 Å². The Hall–Kier alpha value is -0.590. The molecule has 0 aliphatic heterocycles. The van der Waals surface area contributed by atoms with Crippen LogP contribution >= 0.6 is 0 Å². The van der Waals surface area contributed by atoms with Crippen molar-refractivity contribution >= 4 is 0 Å². The third-order valence-corrected chi connectivity index (χ3v) is 2.67. The summed E-state index contributed by atoms with van der Waals surface area (Å²) < 4.78 is 5.52. The van der Waals surface area contributed by atoms with E-state index in [2.05, 4.69) is 18.3 Å². The molecule has 0 heterocycles. The molecule has 0 saturated carbocycles. The van der Waals surface area contributed by atoms with Gasteiger partial charge in [-0.05, 0) is 32.7 Å². The first-order chi connectivity index (χ1) is 7.68. The quantitative estimate of drug-likeness (QED) is 0.583. The molecule has 0 rings (SSSR count). The topological polar surface area (TPSA) is 45.0 Å². The fourth-order valence-corrected chi connectivity index (χ4v) is 1.66. The van der Waals surface area contributed by atoms with Crippen molar-refractivity contribution in [1.29, 1.82) is 5.26 Å². The molecule has 1 N–H and O–H groups in total. The normalized spacial score (nSPS) is 14.4. The lowest BCUT2D eigenvalue weighted by Gasteiger charge is -2.22. The molecule has 1 unspecified atom stereocenters. The van der Waals surface area contributed by atoms with E-state index in [1.807, 2.05) is 13.8 Å². The highest BCUT2D eigenvalue weighted by atomic mass is 16.5. The highest BCUT2D eigenvalue weighted by molar-refractivity contribution is 5.03. The summed E-state index contributed by atoms with van der Waals surface area (Å²) in [6.45, 7) is 8.63. The van der Waals surface area contributed by atoms with Crippen LogP contribution in [-0.2, 0) is 4.74 Å². The van der Waals surface area contributed by atoms with Gasteiger partial charge in [0.15, 0.2) is 0 Å². The van der Waals surface area contributed by atoms with E-state index in [1.54, 1.807) is 0 Å². The van der Waals surface area contributed by atoms with E-state index in [-0.39, 0.29) is 5.54 Å². The predicted octanol–water partition coefficient (Wildman–Crippen LogP) is 2.87. The zero-order chi connectivity index (χ0) is 12.3. The van der Waals surface area contributed by atoms with Crippen molar-refractivity contribution in [1.82, 2.24) is 5.32 Å². The molecule has 0 aromatic carbocycles. The first-order valence-electron chi connectivity index (χ1n) is 6.42. The molecule has 3 nitrogen and oxygen atoms in total. The maximum absolute atomic E-state index is 9.04. The molecule has 0 aromatic rings. The number of nitrogens with zero attached hydrogens (tertiary/aromatic N) is 1. The average Bonchev–Trinajstić information content (AvgIpc) is 2.28. The fourth-order valence-electron chi connectivity index (χ4n) is 1.66. The van der Waals surface area contributed by atoms with E-state index < -0.39 is 0 Å². The number of nitriles is 1. The van der Waals surface area contributed by atoms with Gasteiger partial charge in [0.2, 0.25) is 0 Å². The van der Waals surface area contributed by atoms with Crippen molar-refractivity contribution in [3.63, 3.8) is 0 Å². The van der Waals surface area contributed by atoms with Crippen LogP contribution in [0.15, 0.2) is 0 Å². The van der Waals surface area contributed by atoms with Crippen molar-refractivity contribution in [3.05, 3.63) is 0 Å². The van der Waals surface area contributed by atoms with Gasteiger partial charge in [-0.2, -0.15) is 5.26 Å². The number of nitrogens with one attached hydrogen (secondary N) is 1. The molecule has 1 atom stereocenters. The van der Waals surface area contributed by atoms with E-state index in [0.29, 0.717) is 0 Å². The second kappa shape index (κ2) is 9.62. The number of unbranched alkanes of at least 4 members (excludes halogenated alkanes) is 2. The van der Waals surface area contributed by atoms with E-state index in [4.69, 9.17) is 10.00 Å². The number of hydrogen-bond donors (Lipinski definition) is 1. The minimum Gasteiger partial charge on any atom is -0.381 e. The first kappa shape index (κ1) is 15.4. The summed E-state index contributed by atoms with van der Waals surface area (Å²) >= 11 is 0. The van der Waals surface area contributed by atoms with Gasteiger partial charge in [0, 0.05) is 13.2 Å². The van der Waals surface area contributed by atoms with E-state index in [9.17, 15) is 0 Å². The Morgan fingerprint density at radius 2 is 1.88 bits per heavy atom. The molecular weight excluding hydrogens is 200 g/mol. The van der Waals surface area contributed by atoms with Gasteiger partial charge in [0.1, 0.15) is 5.54 Å². The summed E-state index contributed by atoms with van der Waals surface area (Å²) in [4.78, 5) is 0. The SMILES string of the molecule is CCCCCOCCCC(C)(C#N)NCC. The molecule has 3 heteroatoms. The van der Waals surface area contributed by atoms with Crippen molar-refractivity contribution in [2.24, 2.45) is 0 Å². The van der Waals surface area contributed by atoms with E-state index >= 15 is 0 Å². The van der Waals surface area contributed by atoms with Gasteiger partial charge < -0.3 is 4.74 Å². The second-order valence-corrected chi connectivity index (χ2v) is 4.40. The van der Waals surface area contributed by atoms with Crippen LogP contribution in [-0.4, -0.2) is 25.3 Å². The molecule has 0 aliphatic carbocycles. The first-order valence-corrected chi connectivity index (χ1v) is 6.42. The van der Waals surface area contributed by atoms with Crippen LogP contribution < -0.4 is 5.32 Å². The van der Waals surface area contributed by atoms with Crippen LogP contribution in [0.4, 0.5) is 0 Å². The minimum absolute atomic E-state index is 0.387. The smallest absolute Gasteiger partial charge is 0.104 e. The van der Waals surface area contributed by atoms with Gasteiger partial charge in [0.05, 0.1) is 6.07 Å². The molecule has 0 radical (unpaired) electrons. The van der Waals surface area contributed by atoms with Gasteiger partial charge in [-0.1, -0.05) is 26.7 Å². The summed E-state index contributed by atoms with van der Waals surface area (Å²) in [5.41, 5.74) is -0.387. The number of rotatable bonds is 10. The van der Waals surface area contributed by atoms with Crippen molar-refractivity contribution in [2.45, 2.75) is 58.4 Å². The maximum Gasteiger partial charge on any atom is 0.104 e. The third-order valence-electron chi connectivity index (χ3n) is 2.67. The van der Waals surface area contributed by atoms with Gasteiger partial charge in [0.25, 0.3) is 0 Å². The summed E-state index contributed by atoms with van der Waals surface area (Å²) in [7, 11) is 0. The summed E-state index contributed by atoms with van der Waals surface area (Å²) in [6, 6.07) is 2.32. The lowest BCUT2D eigenvalue weighted by atomic mass is 9.98. The monoisotopic (exact) mass is 226 g/mol. The molecule has 94 valence electrons. The predicted molar refractivity (Wildman–Crippen MR) is 67.3 cm³/mol. The largest absolute Gasteiger partial charge is 0.381 e. The Balaban J connectivity index is 3.46. The zero-order valence-corrected chi connectivity index (χ0v) is 11.0. The maximum atomic E-state index is 9.04. The molecule has 0 spiro atoms. The van der Waals surface area contributed by atoms with Crippen LogP contribution in [0, 0.1) is 11.3 Å². The summed E-state index contributed by atoms with van der Waals surface area (Å²) in [6.07, 6.45) is 5.43. The lowest BCUT2D eigenvalue weighted by molar-refractivity contribution is 0.122. The molecule has 16 heavy (non-hydrogen) atoms. The van der Waals surface area contributed by atoms with Crippen LogP contribution in [0.25, 0.3) is 0 Å². The third kappa shape index (κ3) is 7.67. The van der Waals surface area contributed by atoms with Gasteiger partial charge >= 0.3 is 0 Å². The Labute approximate surface area is 100 Å². The zero-order valence-electron chi connectivity index (χ0n) is 11.0. The Bertz CT molecular complexity index is 201. The molecule has 0 aliphatic rings. The molecule has 0 amide bonds. The average molecular weight is 226 g/mol. The molecule has 0 saturated heterocycles. The van der Waals surface area contributed by atoms with Crippen LogP contribution in [0.5, 0.6) is 0 Å². The van der Waals surface area contributed by atoms with E-state index in [0.717, 1.165) is 39.0 Å². The van der Waals surface area contributed by atoms with Crippen molar-refractivity contribution in [3.8, 4) is 6.07 Å². The highest BCUT2D eigenvalue weighted by Crippen LogP contribution is 2.10. The van der Waals surface area contributed by atoms with E-state index in [1.165, 1.54) is 12.8 Å². The van der Waals surface area contributed by atoms with Crippen molar-refractivity contribution < 1.29 is 4.74 Å².